The molecule has 1 unspecified atom stereocenters. The molecule has 5 heteroatoms. The highest BCUT2D eigenvalue weighted by molar-refractivity contribution is 5.78. The third-order valence-electron chi connectivity index (χ3n) is 3.77. The van der Waals surface area contributed by atoms with Gasteiger partial charge in [-0.25, -0.2) is 4.39 Å². The molecule has 0 amide bonds. The minimum Gasteiger partial charge on any atom is -0.466 e. The molecule has 0 N–H and O–H groups in total. The topological polar surface area (TPSA) is 52.6 Å². The monoisotopic (exact) mass is 344 g/mol. The summed E-state index contributed by atoms with van der Waals surface area (Å²) in [7, 11) is 0. The number of rotatable bonds is 7. The molecular weight excluding hydrogens is 323 g/mol. The van der Waals surface area contributed by atoms with Crippen LogP contribution in [0.4, 0.5) is 4.39 Å². The van der Waals surface area contributed by atoms with Crippen molar-refractivity contribution in [3.8, 4) is 11.1 Å². The van der Waals surface area contributed by atoms with Gasteiger partial charge in [0.05, 0.1) is 19.1 Å². The molecule has 0 spiro atoms. The van der Waals surface area contributed by atoms with Crippen LogP contribution in [0, 0.1) is 5.82 Å². The minimum atomic E-state index is -0.576. The van der Waals surface area contributed by atoms with Gasteiger partial charge in [-0.15, -0.1) is 0 Å². The average molecular weight is 344 g/mol. The summed E-state index contributed by atoms with van der Waals surface area (Å²) < 4.78 is 24.3. The molecule has 2 rings (SSSR count). The summed E-state index contributed by atoms with van der Waals surface area (Å²) in [5.41, 5.74) is 1.83. The summed E-state index contributed by atoms with van der Waals surface area (Å²) in [6.45, 7) is 3.35. The van der Waals surface area contributed by atoms with Crippen LogP contribution in [-0.2, 0) is 19.1 Å². The molecule has 4 nitrogen and oxygen atoms in total. The lowest BCUT2D eigenvalue weighted by atomic mass is 9.97. The van der Waals surface area contributed by atoms with E-state index in [1.807, 2.05) is 30.3 Å². The van der Waals surface area contributed by atoms with Crippen LogP contribution in [0.2, 0.25) is 0 Å². The number of ether oxygens (including phenoxy) is 2. The van der Waals surface area contributed by atoms with Crippen LogP contribution >= 0.6 is 0 Å². The molecule has 0 aliphatic carbocycles. The van der Waals surface area contributed by atoms with Crippen LogP contribution in [0.25, 0.3) is 11.1 Å². The Morgan fingerprint density at radius 1 is 1.04 bits per heavy atom. The van der Waals surface area contributed by atoms with Crippen molar-refractivity contribution in [1.82, 2.24) is 0 Å². The fourth-order valence-corrected chi connectivity index (χ4v) is 2.36. The first-order valence-electron chi connectivity index (χ1n) is 8.14. The van der Waals surface area contributed by atoms with Crippen LogP contribution in [0.1, 0.15) is 31.7 Å². The molecule has 2 aromatic carbocycles. The second kappa shape index (κ2) is 8.97. The first-order chi connectivity index (χ1) is 12.0. The number of carbonyl (C=O) groups is 2. The largest absolute Gasteiger partial charge is 0.466 e. The van der Waals surface area contributed by atoms with Gasteiger partial charge < -0.3 is 9.47 Å². The van der Waals surface area contributed by atoms with Crippen LogP contribution < -0.4 is 0 Å². The number of esters is 2. The van der Waals surface area contributed by atoms with Crippen molar-refractivity contribution in [2.75, 3.05) is 13.2 Å². The standard InChI is InChI=1S/C20H21FO4/c1-14(20(23)25-12-6-11-24-15(2)22)17-9-10-18(19(21)13-17)16-7-4-3-5-8-16/h3-5,7-10,13-14H,6,11-12H2,1-2H3. The average Bonchev–Trinajstić information content (AvgIpc) is 2.61. The summed E-state index contributed by atoms with van der Waals surface area (Å²) in [4.78, 5) is 22.7. The molecule has 0 aliphatic heterocycles. The number of carbonyl (C=O) groups excluding carboxylic acids is 2. The third kappa shape index (κ3) is 5.41. The van der Waals surface area contributed by atoms with Gasteiger partial charge in [0.15, 0.2) is 0 Å². The van der Waals surface area contributed by atoms with Crippen LogP contribution in [0.3, 0.4) is 0 Å². The first kappa shape index (κ1) is 18.6. The fraction of sp³-hybridized carbons (Fsp3) is 0.300. The Morgan fingerprint density at radius 2 is 1.72 bits per heavy atom. The molecular formula is C20H21FO4. The normalized spacial score (nSPS) is 11.6. The van der Waals surface area contributed by atoms with E-state index < -0.39 is 11.9 Å². The molecule has 2 aromatic rings. The van der Waals surface area contributed by atoms with E-state index in [1.54, 1.807) is 19.1 Å². The highest BCUT2D eigenvalue weighted by Crippen LogP contribution is 2.26. The Hall–Kier alpha value is -2.69. The fourth-order valence-electron chi connectivity index (χ4n) is 2.36. The van der Waals surface area contributed by atoms with Gasteiger partial charge in [-0.2, -0.15) is 0 Å². The van der Waals surface area contributed by atoms with Crippen molar-refractivity contribution in [3.05, 3.63) is 59.9 Å². The molecule has 0 aromatic heterocycles. The summed E-state index contributed by atoms with van der Waals surface area (Å²) in [5, 5.41) is 0. The van der Waals surface area contributed by atoms with E-state index in [0.717, 1.165) is 5.56 Å². The van der Waals surface area contributed by atoms with E-state index in [0.29, 0.717) is 17.5 Å². The number of benzene rings is 2. The van der Waals surface area contributed by atoms with Gasteiger partial charge in [0.25, 0.3) is 0 Å². The lowest BCUT2D eigenvalue weighted by Crippen LogP contribution is -2.15. The van der Waals surface area contributed by atoms with Gasteiger partial charge >= 0.3 is 11.9 Å². The highest BCUT2D eigenvalue weighted by atomic mass is 19.1. The third-order valence-corrected chi connectivity index (χ3v) is 3.77. The Balaban J connectivity index is 1.95. The van der Waals surface area contributed by atoms with Crippen molar-refractivity contribution in [2.45, 2.75) is 26.2 Å². The molecule has 0 radical (unpaired) electrons. The molecule has 0 saturated carbocycles. The second-order valence-electron chi connectivity index (χ2n) is 5.69. The van der Waals surface area contributed by atoms with Crippen LogP contribution in [0.5, 0.6) is 0 Å². The zero-order valence-corrected chi connectivity index (χ0v) is 14.3. The molecule has 25 heavy (non-hydrogen) atoms. The van der Waals surface area contributed by atoms with Crippen molar-refractivity contribution in [2.24, 2.45) is 0 Å². The van der Waals surface area contributed by atoms with E-state index in [-0.39, 0.29) is 25.0 Å². The molecule has 0 fully saturated rings. The van der Waals surface area contributed by atoms with Crippen molar-refractivity contribution < 1.29 is 23.5 Å². The predicted octanol–water partition coefficient (Wildman–Crippen LogP) is 4.09. The molecule has 1 atom stereocenters. The lowest BCUT2D eigenvalue weighted by Gasteiger charge is -2.13. The summed E-state index contributed by atoms with van der Waals surface area (Å²) in [6.07, 6.45) is 0.430. The van der Waals surface area contributed by atoms with Crippen LogP contribution in [-0.4, -0.2) is 25.2 Å². The van der Waals surface area contributed by atoms with Gasteiger partial charge in [0.1, 0.15) is 5.82 Å². The number of hydrogen-bond acceptors (Lipinski definition) is 4. The minimum absolute atomic E-state index is 0.154. The maximum atomic E-state index is 14.4. The Kier molecular flexibility index (Phi) is 6.69. The first-order valence-corrected chi connectivity index (χ1v) is 8.14. The van der Waals surface area contributed by atoms with Crippen LogP contribution in [0.15, 0.2) is 48.5 Å². The molecule has 0 bridgehead atoms. The maximum absolute atomic E-state index is 14.4. The van der Waals surface area contributed by atoms with E-state index in [4.69, 9.17) is 9.47 Å². The van der Waals surface area contributed by atoms with Gasteiger partial charge in [0.2, 0.25) is 0 Å². The number of hydrogen-bond donors (Lipinski definition) is 0. The number of halogens is 1. The Bertz CT molecular complexity index is 728. The summed E-state index contributed by atoms with van der Waals surface area (Å²) in [6, 6.07) is 14.0. The van der Waals surface area contributed by atoms with Gasteiger partial charge in [-0.3, -0.25) is 9.59 Å². The Labute approximate surface area is 146 Å². The van der Waals surface area contributed by atoms with E-state index in [9.17, 15) is 14.0 Å². The highest BCUT2D eigenvalue weighted by Gasteiger charge is 2.18. The molecule has 0 aliphatic rings. The van der Waals surface area contributed by atoms with E-state index in [1.165, 1.54) is 13.0 Å². The maximum Gasteiger partial charge on any atom is 0.313 e. The molecule has 0 saturated heterocycles. The smallest absolute Gasteiger partial charge is 0.313 e. The predicted molar refractivity (Wildman–Crippen MR) is 92.5 cm³/mol. The zero-order valence-electron chi connectivity index (χ0n) is 14.3. The van der Waals surface area contributed by atoms with Gasteiger partial charge in [-0.1, -0.05) is 42.5 Å². The lowest BCUT2D eigenvalue weighted by molar-refractivity contribution is -0.146. The van der Waals surface area contributed by atoms with Crippen molar-refractivity contribution in [3.63, 3.8) is 0 Å². The van der Waals surface area contributed by atoms with Gasteiger partial charge in [-0.05, 0) is 24.1 Å². The van der Waals surface area contributed by atoms with Crippen molar-refractivity contribution in [1.29, 1.82) is 0 Å². The summed E-state index contributed by atoms with van der Waals surface area (Å²) >= 11 is 0. The van der Waals surface area contributed by atoms with Gasteiger partial charge in [0, 0.05) is 18.9 Å². The quantitative estimate of drug-likeness (QED) is 0.561. The second-order valence-corrected chi connectivity index (χ2v) is 5.69. The van der Waals surface area contributed by atoms with E-state index in [2.05, 4.69) is 0 Å². The molecule has 0 heterocycles. The molecule has 132 valence electrons. The SMILES string of the molecule is CC(=O)OCCCOC(=O)C(C)c1ccc(-c2ccccc2)c(F)c1. The van der Waals surface area contributed by atoms with E-state index >= 15 is 0 Å². The van der Waals surface area contributed by atoms with Crippen molar-refractivity contribution >= 4 is 11.9 Å². The zero-order chi connectivity index (χ0) is 18.2. The Morgan fingerprint density at radius 3 is 2.36 bits per heavy atom. The summed E-state index contributed by atoms with van der Waals surface area (Å²) in [5.74, 6) is -1.75.